The van der Waals surface area contributed by atoms with Crippen LogP contribution in [-0.2, 0) is 4.79 Å². The predicted octanol–water partition coefficient (Wildman–Crippen LogP) is 1.20. The third kappa shape index (κ3) is 1.96. The molecule has 1 unspecified atom stereocenters. The molecule has 0 saturated heterocycles. The number of nitrogens with one attached hydrogen (secondary N) is 1. The average Bonchev–Trinajstić information content (AvgIpc) is 1.86. The lowest BCUT2D eigenvalue weighted by Gasteiger charge is -2.18. The fourth-order valence-electron chi connectivity index (χ4n) is 0.809. The van der Waals surface area contributed by atoms with Crippen molar-refractivity contribution in [1.82, 2.24) is 5.32 Å². The number of amides is 1. The van der Waals surface area contributed by atoms with E-state index in [9.17, 15) is 18.0 Å². The van der Waals surface area contributed by atoms with Gasteiger partial charge in [0.1, 0.15) is 0 Å². The van der Waals surface area contributed by atoms with Gasteiger partial charge in [0, 0.05) is 12.6 Å². The monoisotopic (exact) mass is 165 g/mol. The van der Waals surface area contributed by atoms with E-state index in [2.05, 4.69) is 5.32 Å². The first-order chi connectivity index (χ1) is 5.00. The molecule has 5 heteroatoms. The molecule has 0 bridgehead atoms. The highest BCUT2D eigenvalue weighted by Gasteiger charge is 2.39. The Morgan fingerprint density at radius 2 is 2.18 bits per heavy atom. The summed E-state index contributed by atoms with van der Waals surface area (Å²) in [6.07, 6.45) is -2.82. The zero-order valence-corrected chi connectivity index (χ0v) is 5.48. The van der Waals surface area contributed by atoms with Gasteiger partial charge in [0.05, 0.1) is 5.92 Å². The summed E-state index contributed by atoms with van der Waals surface area (Å²) in [6.45, 7) is 0. The summed E-state index contributed by atoms with van der Waals surface area (Å²) in [7, 11) is 0. The van der Waals surface area contributed by atoms with Gasteiger partial charge in [0.2, 0.25) is 5.91 Å². The third-order valence-electron chi connectivity index (χ3n) is 1.40. The second-order valence-electron chi connectivity index (χ2n) is 2.28. The smallest absolute Gasteiger partial charge is 0.333 e. The van der Waals surface area contributed by atoms with Crippen LogP contribution in [0.5, 0.6) is 0 Å². The molecule has 1 heterocycles. The van der Waals surface area contributed by atoms with Crippen LogP contribution in [0.4, 0.5) is 13.2 Å². The lowest BCUT2D eigenvalue weighted by atomic mass is 10.0. The second kappa shape index (κ2) is 2.56. The first kappa shape index (κ1) is 8.10. The van der Waals surface area contributed by atoms with Gasteiger partial charge in [-0.05, 0) is 0 Å². The van der Waals surface area contributed by atoms with E-state index in [0.29, 0.717) is 0 Å². The maximum Gasteiger partial charge on any atom is 0.395 e. The van der Waals surface area contributed by atoms with E-state index in [1.54, 1.807) is 0 Å². The van der Waals surface area contributed by atoms with Crippen molar-refractivity contribution in [3.8, 4) is 0 Å². The van der Waals surface area contributed by atoms with Crippen LogP contribution < -0.4 is 5.32 Å². The molecule has 1 aliphatic rings. The minimum Gasteiger partial charge on any atom is -0.333 e. The number of alkyl halides is 3. The summed E-state index contributed by atoms with van der Waals surface area (Å²) < 4.78 is 35.7. The molecule has 11 heavy (non-hydrogen) atoms. The Hall–Kier alpha value is -1.00. The Morgan fingerprint density at radius 1 is 1.55 bits per heavy atom. The molecule has 1 N–H and O–H groups in total. The third-order valence-corrected chi connectivity index (χ3v) is 1.40. The van der Waals surface area contributed by atoms with E-state index < -0.39 is 24.4 Å². The van der Waals surface area contributed by atoms with Crippen molar-refractivity contribution in [2.24, 2.45) is 5.92 Å². The highest BCUT2D eigenvalue weighted by Crippen LogP contribution is 2.30. The van der Waals surface area contributed by atoms with Crippen LogP contribution in [0.25, 0.3) is 0 Å². The highest BCUT2D eigenvalue weighted by molar-refractivity contribution is 5.78. The SMILES string of the molecule is O=C1CC(C(F)(F)F)C=CN1. The Labute approximate surface area is 61.1 Å². The largest absolute Gasteiger partial charge is 0.395 e. The maximum absolute atomic E-state index is 11.9. The molecule has 0 aromatic carbocycles. The Balaban J connectivity index is 2.68. The van der Waals surface area contributed by atoms with Gasteiger partial charge in [-0.3, -0.25) is 4.79 Å². The summed E-state index contributed by atoms with van der Waals surface area (Å²) in [4.78, 5) is 10.5. The van der Waals surface area contributed by atoms with Gasteiger partial charge in [-0.1, -0.05) is 6.08 Å². The van der Waals surface area contributed by atoms with Crippen molar-refractivity contribution in [3.63, 3.8) is 0 Å². The molecular formula is C6H6F3NO. The molecule has 0 radical (unpaired) electrons. The number of halogens is 3. The number of hydrogen-bond donors (Lipinski definition) is 1. The number of carbonyl (C=O) groups is 1. The standard InChI is InChI=1S/C6H6F3NO/c7-6(8,9)4-1-2-10-5(11)3-4/h1-2,4H,3H2,(H,10,11). The normalized spacial score (nSPS) is 25.0. The van der Waals surface area contributed by atoms with E-state index >= 15 is 0 Å². The summed E-state index contributed by atoms with van der Waals surface area (Å²) >= 11 is 0. The fraction of sp³-hybridized carbons (Fsp3) is 0.500. The molecule has 62 valence electrons. The first-order valence-electron chi connectivity index (χ1n) is 3.03. The summed E-state index contributed by atoms with van der Waals surface area (Å²) in [6, 6.07) is 0. The molecule has 0 fully saturated rings. The molecule has 0 aromatic rings. The van der Waals surface area contributed by atoms with Crippen LogP contribution in [0.15, 0.2) is 12.3 Å². The minimum absolute atomic E-state index is 0.500. The zero-order chi connectivity index (χ0) is 8.48. The molecule has 1 amide bonds. The van der Waals surface area contributed by atoms with E-state index in [1.807, 2.05) is 0 Å². The van der Waals surface area contributed by atoms with Crippen LogP contribution in [0.3, 0.4) is 0 Å². The topological polar surface area (TPSA) is 29.1 Å². The van der Waals surface area contributed by atoms with Crippen LogP contribution in [0.2, 0.25) is 0 Å². The minimum atomic E-state index is -4.30. The molecule has 1 aliphatic heterocycles. The molecule has 0 aliphatic carbocycles. The van der Waals surface area contributed by atoms with Gasteiger partial charge in [-0.15, -0.1) is 0 Å². The van der Waals surface area contributed by atoms with Crippen molar-refractivity contribution < 1.29 is 18.0 Å². The van der Waals surface area contributed by atoms with Gasteiger partial charge in [-0.25, -0.2) is 0 Å². The molecule has 2 nitrogen and oxygen atoms in total. The maximum atomic E-state index is 11.9. The Morgan fingerprint density at radius 3 is 2.55 bits per heavy atom. The van der Waals surface area contributed by atoms with E-state index in [-0.39, 0.29) is 0 Å². The number of rotatable bonds is 0. The van der Waals surface area contributed by atoms with E-state index in [4.69, 9.17) is 0 Å². The highest BCUT2D eigenvalue weighted by atomic mass is 19.4. The van der Waals surface area contributed by atoms with Crippen molar-refractivity contribution >= 4 is 5.91 Å². The Bertz CT molecular complexity index is 196. The number of hydrogen-bond acceptors (Lipinski definition) is 1. The average molecular weight is 165 g/mol. The first-order valence-corrected chi connectivity index (χ1v) is 3.03. The summed E-state index contributed by atoms with van der Waals surface area (Å²) in [5.41, 5.74) is 0. The predicted molar refractivity (Wildman–Crippen MR) is 31.4 cm³/mol. The van der Waals surface area contributed by atoms with Crippen molar-refractivity contribution in [3.05, 3.63) is 12.3 Å². The van der Waals surface area contributed by atoms with Gasteiger partial charge in [0.15, 0.2) is 0 Å². The van der Waals surface area contributed by atoms with Crippen LogP contribution >= 0.6 is 0 Å². The fourth-order valence-corrected chi connectivity index (χ4v) is 0.809. The molecule has 0 saturated carbocycles. The zero-order valence-electron chi connectivity index (χ0n) is 5.48. The lowest BCUT2D eigenvalue weighted by Crippen LogP contribution is -2.32. The molecule has 1 rings (SSSR count). The van der Waals surface area contributed by atoms with Crippen LogP contribution in [0.1, 0.15) is 6.42 Å². The molecular weight excluding hydrogens is 159 g/mol. The van der Waals surface area contributed by atoms with Crippen molar-refractivity contribution in [2.75, 3.05) is 0 Å². The van der Waals surface area contributed by atoms with Gasteiger partial charge in [-0.2, -0.15) is 13.2 Å². The molecule has 1 atom stereocenters. The van der Waals surface area contributed by atoms with Crippen molar-refractivity contribution in [2.45, 2.75) is 12.6 Å². The van der Waals surface area contributed by atoms with E-state index in [0.717, 1.165) is 12.3 Å². The van der Waals surface area contributed by atoms with Gasteiger partial charge >= 0.3 is 6.18 Å². The Kier molecular flexibility index (Phi) is 1.89. The van der Waals surface area contributed by atoms with Crippen LogP contribution in [0, 0.1) is 5.92 Å². The van der Waals surface area contributed by atoms with E-state index in [1.165, 1.54) is 0 Å². The second-order valence-corrected chi connectivity index (χ2v) is 2.28. The van der Waals surface area contributed by atoms with Gasteiger partial charge in [0.25, 0.3) is 0 Å². The quantitative estimate of drug-likeness (QED) is 0.574. The van der Waals surface area contributed by atoms with Crippen molar-refractivity contribution in [1.29, 1.82) is 0 Å². The lowest BCUT2D eigenvalue weighted by molar-refractivity contribution is -0.167. The number of carbonyl (C=O) groups excluding carboxylic acids is 1. The number of allylic oxidation sites excluding steroid dienone is 1. The van der Waals surface area contributed by atoms with Gasteiger partial charge < -0.3 is 5.32 Å². The van der Waals surface area contributed by atoms with Crippen LogP contribution in [-0.4, -0.2) is 12.1 Å². The molecule has 0 aromatic heterocycles. The summed E-state index contributed by atoms with van der Waals surface area (Å²) in [5, 5.41) is 2.16. The summed E-state index contributed by atoms with van der Waals surface area (Å²) in [5.74, 6) is -2.20. The molecule has 0 spiro atoms.